The number of hydrogen-bond donors (Lipinski definition) is 2. The quantitative estimate of drug-likeness (QED) is 0.498. The summed E-state index contributed by atoms with van der Waals surface area (Å²) in [7, 11) is 5.38. The van der Waals surface area contributed by atoms with Gasteiger partial charge in [-0.25, -0.2) is 15.0 Å². The molecule has 0 saturated carbocycles. The molecular weight excluding hydrogens is 444 g/mol. The Morgan fingerprint density at radius 2 is 2.00 bits per heavy atom. The monoisotopic (exact) mass is 476 g/mol. The first-order valence-corrected chi connectivity index (χ1v) is 11.4. The van der Waals surface area contributed by atoms with Crippen molar-refractivity contribution in [2.24, 2.45) is 0 Å². The lowest BCUT2D eigenvalue weighted by Gasteiger charge is -2.27. The number of fused-ring (bicyclic) bond motifs is 1. The van der Waals surface area contributed by atoms with Crippen LogP contribution in [0.15, 0.2) is 72.3 Å². The summed E-state index contributed by atoms with van der Waals surface area (Å²) >= 11 is 0. The van der Waals surface area contributed by atoms with Crippen LogP contribution >= 0.6 is 0 Å². The van der Waals surface area contributed by atoms with Crippen LogP contribution in [0.1, 0.15) is 19.8 Å². The first-order chi connectivity index (χ1) is 17.0. The molecule has 1 aliphatic carbocycles. The lowest BCUT2D eigenvalue weighted by molar-refractivity contribution is -0.114. The van der Waals surface area contributed by atoms with Gasteiger partial charge in [-0.3, -0.25) is 4.79 Å². The minimum atomic E-state index is -0.143. The number of likely N-dealkylation sites (N-methyl/N-ethyl adjacent to an activating group) is 1. The van der Waals surface area contributed by atoms with Gasteiger partial charge in [0, 0.05) is 57.2 Å². The van der Waals surface area contributed by atoms with Crippen molar-refractivity contribution in [3.05, 3.63) is 72.3 Å². The van der Waals surface area contributed by atoms with Crippen molar-refractivity contribution >= 4 is 28.6 Å². The average molecular weight is 477 g/mol. The van der Waals surface area contributed by atoms with Crippen LogP contribution < -0.4 is 15.4 Å². The summed E-state index contributed by atoms with van der Waals surface area (Å²) in [6.45, 7) is 3.01. The minimum Gasteiger partial charge on any atom is -0.497 e. The lowest BCUT2D eigenvalue weighted by Crippen LogP contribution is -2.26. The third-order valence-electron chi connectivity index (χ3n) is 5.24. The van der Waals surface area contributed by atoms with E-state index in [-0.39, 0.29) is 5.91 Å². The van der Waals surface area contributed by atoms with Crippen LogP contribution in [0.5, 0.6) is 5.75 Å². The molecule has 9 heteroatoms. The van der Waals surface area contributed by atoms with Gasteiger partial charge in [-0.2, -0.15) is 0 Å². The number of aromatic nitrogens is 3. The topological polar surface area (TPSA) is 102 Å². The standard InChI is InChI=1S/C18H22N4O.C8H10N2O2/c1-22(11-12-23-2)17-10-6-5-9-16(17)21-18-19-13-14-7-3-4-8-15(14)20-18;1-6(11)10-8-5-7(12-2)3-4-9-8/h3-5,7-9,13H,6,10-12H2,1-2H3,(H,19,20,21);3-5H,1-2H3,(H,9,10,11). The number of carbonyl (C=O) groups is 1. The maximum Gasteiger partial charge on any atom is 0.227 e. The number of methoxy groups -OCH3 is 2. The molecule has 9 nitrogen and oxygen atoms in total. The molecule has 0 saturated heterocycles. The highest BCUT2D eigenvalue weighted by Gasteiger charge is 2.14. The zero-order valence-electron chi connectivity index (χ0n) is 20.6. The summed E-state index contributed by atoms with van der Waals surface area (Å²) in [5, 5.41) is 6.96. The number of anilines is 2. The molecule has 0 atom stereocenters. The predicted molar refractivity (Wildman–Crippen MR) is 138 cm³/mol. The van der Waals surface area contributed by atoms with Crippen LogP contribution in [0.25, 0.3) is 10.9 Å². The van der Waals surface area contributed by atoms with E-state index in [2.05, 4.69) is 49.7 Å². The van der Waals surface area contributed by atoms with E-state index in [1.54, 1.807) is 32.5 Å². The zero-order valence-corrected chi connectivity index (χ0v) is 20.6. The number of nitrogens with one attached hydrogen (secondary N) is 2. The number of allylic oxidation sites excluding steroid dienone is 3. The SMILES string of the molecule is COCCN(C)C1=C(Nc2ncc3ccccc3n2)C=CCC1.COc1ccnc(NC(C)=O)c1. The van der Waals surface area contributed by atoms with Crippen LogP contribution in [0.4, 0.5) is 11.8 Å². The maximum absolute atomic E-state index is 10.6. The Bertz CT molecular complexity index is 1190. The van der Waals surface area contributed by atoms with Gasteiger partial charge in [-0.1, -0.05) is 24.3 Å². The van der Waals surface area contributed by atoms with Crippen molar-refractivity contribution < 1.29 is 14.3 Å². The Kier molecular flexibility index (Phi) is 9.56. The van der Waals surface area contributed by atoms with Gasteiger partial charge in [0.15, 0.2) is 0 Å². The number of hydrogen-bond acceptors (Lipinski definition) is 8. The Labute approximate surface area is 205 Å². The van der Waals surface area contributed by atoms with Crippen LogP contribution in [-0.2, 0) is 9.53 Å². The largest absolute Gasteiger partial charge is 0.497 e. The molecule has 0 aliphatic heterocycles. The van der Waals surface area contributed by atoms with E-state index in [0.717, 1.165) is 36.0 Å². The fourth-order valence-corrected chi connectivity index (χ4v) is 3.47. The molecule has 0 unspecified atom stereocenters. The molecule has 0 radical (unpaired) electrons. The van der Waals surface area contributed by atoms with Crippen LogP contribution in [0.2, 0.25) is 0 Å². The molecule has 1 amide bonds. The molecule has 0 fully saturated rings. The van der Waals surface area contributed by atoms with E-state index in [9.17, 15) is 4.79 Å². The molecule has 4 rings (SSSR count). The second-order valence-corrected chi connectivity index (χ2v) is 7.86. The highest BCUT2D eigenvalue weighted by molar-refractivity contribution is 5.87. The number of nitrogens with zero attached hydrogens (tertiary/aromatic N) is 4. The Balaban J connectivity index is 0.000000241. The van der Waals surface area contributed by atoms with Gasteiger partial charge in [0.1, 0.15) is 11.6 Å². The molecular formula is C26H32N6O3. The van der Waals surface area contributed by atoms with Gasteiger partial charge in [0.05, 0.1) is 24.9 Å². The molecule has 35 heavy (non-hydrogen) atoms. The summed E-state index contributed by atoms with van der Waals surface area (Å²) in [4.78, 5) is 25.8. The van der Waals surface area contributed by atoms with Gasteiger partial charge in [-0.05, 0) is 31.1 Å². The van der Waals surface area contributed by atoms with Crippen molar-refractivity contribution in [2.45, 2.75) is 19.8 Å². The van der Waals surface area contributed by atoms with Gasteiger partial charge in [0.25, 0.3) is 0 Å². The normalized spacial score (nSPS) is 12.6. The van der Waals surface area contributed by atoms with Crippen molar-refractivity contribution in [3.63, 3.8) is 0 Å². The molecule has 3 aromatic rings. The first-order valence-electron chi connectivity index (χ1n) is 11.4. The molecule has 2 heterocycles. The molecule has 1 aliphatic rings. The van der Waals surface area contributed by atoms with E-state index < -0.39 is 0 Å². The third-order valence-corrected chi connectivity index (χ3v) is 5.24. The first kappa shape index (κ1) is 25.6. The summed E-state index contributed by atoms with van der Waals surface area (Å²) in [6, 6.07) is 11.4. The lowest BCUT2D eigenvalue weighted by atomic mass is 10.1. The van der Waals surface area contributed by atoms with E-state index in [1.165, 1.54) is 12.6 Å². The fraction of sp³-hybridized carbons (Fsp3) is 0.308. The summed E-state index contributed by atoms with van der Waals surface area (Å²) in [5.41, 5.74) is 3.27. The number of pyridine rings is 1. The summed E-state index contributed by atoms with van der Waals surface area (Å²) in [5.74, 6) is 1.66. The zero-order chi connectivity index (χ0) is 25.0. The highest BCUT2D eigenvalue weighted by atomic mass is 16.5. The smallest absolute Gasteiger partial charge is 0.227 e. The number of para-hydroxylation sites is 1. The number of benzene rings is 1. The summed E-state index contributed by atoms with van der Waals surface area (Å²) < 4.78 is 10.1. The highest BCUT2D eigenvalue weighted by Crippen LogP contribution is 2.23. The molecule has 184 valence electrons. The third kappa shape index (κ3) is 7.79. The Morgan fingerprint density at radius 3 is 2.77 bits per heavy atom. The van der Waals surface area contributed by atoms with Crippen LogP contribution in [-0.4, -0.2) is 60.2 Å². The van der Waals surface area contributed by atoms with Crippen molar-refractivity contribution in [3.8, 4) is 5.75 Å². The molecule has 0 bridgehead atoms. The Morgan fingerprint density at radius 1 is 1.17 bits per heavy atom. The van der Waals surface area contributed by atoms with E-state index >= 15 is 0 Å². The van der Waals surface area contributed by atoms with Crippen molar-refractivity contribution in [2.75, 3.05) is 45.1 Å². The second-order valence-electron chi connectivity index (χ2n) is 7.86. The minimum absolute atomic E-state index is 0.143. The fourth-order valence-electron chi connectivity index (χ4n) is 3.47. The Hall–Kier alpha value is -3.98. The number of rotatable bonds is 8. The van der Waals surface area contributed by atoms with Crippen molar-refractivity contribution in [1.82, 2.24) is 19.9 Å². The van der Waals surface area contributed by atoms with E-state index in [0.29, 0.717) is 24.1 Å². The van der Waals surface area contributed by atoms with E-state index in [1.807, 2.05) is 30.5 Å². The second kappa shape index (κ2) is 13.0. The predicted octanol–water partition coefficient (Wildman–Crippen LogP) is 4.23. The van der Waals surface area contributed by atoms with E-state index in [4.69, 9.17) is 9.47 Å². The van der Waals surface area contributed by atoms with Gasteiger partial charge < -0.3 is 25.0 Å². The molecule has 0 spiro atoms. The van der Waals surface area contributed by atoms with Crippen LogP contribution in [0.3, 0.4) is 0 Å². The molecule has 2 N–H and O–H groups in total. The number of ether oxygens (including phenoxy) is 2. The molecule has 2 aromatic heterocycles. The number of carbonyl (C=O) groups excluding carboxylic acids is 1. The molecule has 1 aromatic carbocycles. The van der Waals surface area contributed by atoms with Gasteiger partial charge in [-0.15, -0.1) is 0 Å². The summed E-state index contributed by atoms with van der Waals surface area (Å²) in [6.07, 6.45) is 9.77. The van der Waals surface area contributed by atoms with Gasteiger partial charge >= 0.3 is 0 Å². The average Bonchev–Trinajstić information content (AvgIpc) is 2.87. The van der Waals surface area contributed by atoms with Gasteiger partial charge in [0.2, 0.25) is 11.9 Å². The number of amides is 1. The van der Waals surface area contributed by atoms with Crippen LogP contribution in [0, 0.1) is 0 Å². The van der Waals surface area contributed by atoms with Crippen molar-refractivity contribution in [1.29, 1.82) is 0 Å². The maximum atomic E-state index is 10.6.